The molecule has 0 saturated carbocycles. The molecule has 0 heterocycles. The highest BCUT2D eigenvalue weighted by Crippen LogP contribution is 2.18. The highest BCUT2D eigenvalue weighted by molar-refractivity contribution is 5.71. The van der Waals surface area contributed by atoms with E-state index in [9.17, 15) is 14.4 Å². The molecule has 0 aliphatic rings. The fourth-order valence-electron chi connectivity index (χ4n) is 9.97. The Morgan fingerprint density at radius 1 is 0.260 bits per heavy atom. The summed E-state index contributed by atoms with van der Waals surface area (Å²) in [6.07, 6.45) is 74.7. The van der Waals surface area contributed by atoms with E-state index >= 15 is 0 Å². The SMILES string of the molecule is CCCCCCC/C=C\CCCCCCCC(=O)OCC(COC(=O)CCCCCCCCCCC/C=C\CCCCCCCCCC)OC(=O)CCCCCCCCCCCCCCCCCCCCCC. The van der Waals surface area contributed by atoms with Gasteiger partial charge in [-0.15, -0.1) is 0 Å². The minimum Gasteiger partial charge on any atom is -0.462 e. The number of hydrogen-bond donors (Lipinski definition) is 0. The average molecular weight is 1030 g/mol. The molecule has 0 N–H and O–H groups in total. The molecule has 0 radical (unpaired) electrons. The molecule has 0 fully saturated rings. The first-order valence-electron chi connectivity index (χ1n) is 32.8. The van der Waals surface area contributed by atoms with E-state index in [-0.39, 0.29) is 31.1 Å². The standard InChI is InChI=1S/C67H126O6/c1-4-7-10-13-16-19-22-25-28-30-32-34-36-37-39-42-45-48-51-54-57-60-66(69)72-63-64(62-71-65(68)59-56-53-50-47-44-41-27-24-21-18-15-12-9-6-3)73-67(70)61-58-55-52-49-46-43-40-38-35-33-31-29-26-23-20-17-14-11-8-5-2/h24,27,30,32,64H,4-23,25-26,28-29,31,33-63H2,1-3H3/b27-24-,32-30-. The van der Waals surface area contributed by atoms with Gasteiger partial charge in [-0.3, -0.25) is 14.4 Å². The molecule has 430 valence electrons. The normalized spacial score (nSPS) is 12.1. The number of hydrogen-bond acceptors (Lipinski definition) is 6. The van der Waals surface area contributed by atoms with E-state index in [0.29, 0.717) is 19.3 Å². The number of ether oxygens (including phenoxy) is 3. The van der Waals surface area contributed by atoms with Crippen molar-refractivity contribution in [1.82, 2.24) is 0 Å². The van der Waals surface area contributed by atoms with Crippen molar-refractivity contribution in [1.29, 1.82) is 0 Å². The number of carbonyl (C=O) groups is 3. The molecule has 6 heteroatoms. The Balaban J connectivity index is 4.29. The fraction of sp³-hybridized carbons (Fsp3) is 0.896. The van der Waals surface area contributed by atoms with E-state index in [4.69, 9.17) is 14.2 Å². The first kappa shape index (κ1) is 70.9. The van der Waals surface area contributed by atoms with E-state index in [0.717, 1.165) is 64.2 Å². The summed E-state index contributed by atoms with van der Waals surface area (Å²) >= 11 is 0. The third-order valence-electron chi connectivity index (χ3n) is 14.9. The van der Waals surface area contributed by atoms with Crippen molar-refractivity contribution in [3.8, 4) is 0 Å². The Morgan fingerprint density at radius 2 is 0.452 bits per heavy atom. The topological polar surface area (TPSA) is 78.9 Å². The summed E-state index contributed by atoms with van der Waals surface area (Å²) in [5.41, 5.74) is 0. The maximum absolute atomic E-state index is 12.9. The van der Waals surface area contributed by atoms with E-state index in [1.165, 1.54) is 263 Å². The van der Waals surface area contributed by atoms with Crippen LogP contribution in [0.15, 0.2) is 24.3 Å². The van der Waals surface area contributed by atoms with Crippen molar-refractivity contribution >= 4 is 17.9 Å². The highest BCUT2D eigenvalue weighted by Gasteiger charge is 2.19. The number of rotatable bonds is 61. The molecular formula is C67H126O6. The second-order valence-electron chi connectivity index (χ2n) is 22.4. The molecule has 0 aromatic heterocycles. The average Bonchev–Trinajstić information content (AvgIpc) is 3.39. The molecule has 0 aliphatic carbocycles. The zero-order valence-corrected chi connectivity index (χ0v) is 49.4. The van der Waals surface area contributed by atoms with Crippen molar-refractivity contribution in [2.24, 2.45) is 0 Å². The molecule has 0 amide bonds. The molecule has 0 spiro atoms. The van der Waals surface area contributed by atoms with Crippen LogP contribution < -0.4 is 0 Å². The second kappa shape index (κ2) is 62.4. The van der Waals surface area contributed by atoms with Crippen LogP contribution in [-0.4, -0.2) is 37.2 Å². The van der Waals surface area contributed by atoms with Gasteiger partial charge in [-0.25, -0.2) is 0 Å². The summed E-state index contributed by atoms with van der Waals surface area (Å²) in [4.78, 5) is 38.3. The van der Waals surface area contributed by atoms with Crippen molar-refractivity contribution in [3.63, 3.8) is 0 Å². The van der Waals surface area contributed by atoms with Gasteiger partial charge in [0.15, 0.2) is 6.10 Å². The Bertz CT molecular complexity index is 1180. The van der Waals surface area contributed by atoms with Crippen LogP contribution in [0.2, 0.25) is 0 Å². The predicted octanol–water partition coefficient (Wildman–Crippen LogP) is 22.2. The Morgan fingerprint density at radius 3 is 0.685 bits per heavy atom. The molecule has 0 aliphatic heterocycles. The van der Waals surface area contributed by atoms with Gasteiger partial charge in [0.1, 0.15) is 13.2 Å². The zero-order chi connectivity index (χ0) is 52.9. The Kier molecular flexibility index (Phi) is 60.6. The second-order valence-corrected chi connectivity index (χ2v) is 22.4. The van der Waals surface area contributed by atoms with Gasteiger partial charge in [0.05, 0.1) is 0 Å². The van der Waals surface area contributed by atoms with Gasteiger partial charge in [0.25, 0.3) is 0 Å². The number of carbonyl (C=O) groups excluding carboxylic acids is 3. The molecule has 0 bridgehead atoms. The van der Waals surface area contributed by atoms with E-state index in [1.54, 1.807) is 0 Å². The van der Waals surface area contributed by atoms with Crippen LogP contribution in [0.4, 0.5) is 0 Å². The monoisotopic (exact) mass is 1030 g/mol. The summed E-state index contributed by atoms with van der Waals surface area (Å²) in [6.45, 7) is 6.69. The van der Waals surface area contributed by atoms with Gasteiger partial charge in [0, 0.05) is 19.3 Å². The van der Waals surface area contributed by atoms with Crippen molar-refractivity contribution in [2.45, 2.75) is 374 Å². The maximum atomic E-state index is 12.9. The lowest BCUT2D eigenvalue weighted by Gasteiger charge is -2.18. The van der Waals surface area contributed by atoms with Crippen LogP contribution in [0.1, 0.15) is 367 Å². The third kappa shape index (κ3) is 60.6. The third-order valence-corrected chi connectivity index (χ3v) is 14.9. The zero-order valence-electron chi connectivity index (χ0n) is 49.4. The van der Waals surface area contributed by atoms with Gasteiger partial charge in [0.2, 0.25) is 0 Å². The molecule has 73 heavy (non-hydrogen) atoms. The molecule has 1 atom stereocenters. The van der Waals surface area contributed by atoms with Gasteiger partial charge >= 0.3 is 17.9 Å². The summed E-state index contributed by atoms with van der Waals surface area (Å²) < 4.78 is 17.0. The smallest absolute Gasteiger partial charge is 0.306 e. The van der Waals surface area contributed by atoms with Gasteiger partial charge in [-0.2, -0.15) is 0 Å². The van der Waals surface area contributed by atoms with Crippen LogP contribution in [0, 0.1) is 0 Å². The molecule has 6 nitrogen and oxygen atoms in total. The first-order chi connectivity index (χ1) is 36.0. The number of allylic oxidation sites excluding steroid dienone is 4. The summed E-state index contributed by atoms with van der Waals surface area (Å²) in [5.74, 6) is -0.853. The maximum Gasteiger partial charge on any atom is 0.306 e. The lowest BCUT2D eigenvalue weighted by molar-refractivity contribution is -0.167. The predicted molar refractivity (Wildman–Crippen MR) is 316 cm³/mol. The largest absolute Gasteiger partial charge is 0.462 e. The minimum absolute atomic E-state index is 0.0700. The fourth-order valence-corrected chi connectivity index (χ4v) is 9.97. The number of esters is 3. The van der Waals surface area contributed by atoms with Gasteiger partial charge in [-0.1, -0.05) is 302 Å². The van der Waals surface area contributed by atoms with E-state index in [2.05, 4.69) is 45.1 Å². The summed E-state index contributed by atoms with van der Waals surface area (Å²) in [7, 11) is 0. The molecule has 0 rings (SSSR count). The van der Waals surface area contributed by atoms with Gasteiger partial charge in [-0.05, 0) is 70.6 Å². The lowest BCUT2D eigenvalue weighted by atomic mass is 10.0. The molecule has 0 saturated heterocycles. The van der Waals surface area contributed by atoms with E-state index < -0.39 is 6.10 Å². The molecule has 0 aromatic rings. The minimum atomic E-state index is -0.773. The molecule has 1 unspecified atom stereocenters. The van der Waals surface area contributed by atoms with Crippen molar-refractivity contribution < 1.29 is 28.6 Å². The van der Waals surface area contributed by atoms with Crippen LogP contribution in [0.3, 0.4) is 0 Å². The van der Waals surface area contributed by atoms with Crippen LogP contribution in [0.25, 0.3) is 0 Å². The van der Waals surface area contributed by atoms with Crippen LogP contribution in [0.5, 0.6) is 0 Å². The lowest BCUT2D eigenvalue weighted by Crippen LogP contribution is -2.30. The molecule has 0 aromatic carbocycles. The summed E-state index contributed by atoms with van der Waals surface area (Å²) in [5, 5.41) is 0. The quantitative estimate of drug-likeness (QED) is 0.0261. The Hall–Kier alpha value is -2.11. The number of unbranched alkanes of at least 4 members (excludes halogenated alkanes) is 46. The summed E-state index contributed by atoms with van der Waals surface area (Å²) in [6, 6.07) is 0. The van der Waals surface area contributed by atoms with Crippen LogP contribution >= 0.6 is 0 Å². The Labute approximate surface area is 455 Å². The van der Waals surface area contributed by atoms with Crippen molar-refractivity contribution in [3.05, 3.63) is 24.3 Å². The highest BCUT2D eigenvalue weighted by atomic mass is 16.6. The van der Waals surface area contributed by atoms with E-state index in [1.807, 2.05) is 0 Å². The molecular weight excluding hydrogens is 901 g/mol. The van der Waals surface area contributed by atoms with Crippen molar-refractivity contribution in [2.75, 3.05) is 13.2 Å². The first-order valence-corrected chi connectivity index (χ1v) is 32.8. The van der Waals surface area contributed by atoms with Gasteiger partial charge < -0.3 is 14.2 Å². The van der Waals surface area contributed by atoms with Crippen LogP contribution in [-0.2, 0) is 28.6 Å².